The molecule has 23 heavy (non-hydrogen) atoms. The fraction of sp³-hybridized carbons (Fsp3) is 0.667. The maximum absolute atomic E-state index is 6.18. The summed E-state index contributed by atoms with van der Waals surface area (Å²) in [5.41, 5.74) is 1.48. The first kappa shape index (κ1) is 18.3. The van der Waals surface area contributed by atoms with E-state index in [1.807, 2.05) is 6.07 Å². The van der Waals surface area contributed by atoms with Crippen LogP contribution in [-0.4, -0.2) is 43.4 Å². The van der Waals surface area contributed by atoms with Crippen LogP contribution in [0.1, 0.15) is 47.1 Å². The van der Waals surface area contributed by atoms with E-state index < -0.39 is 7.12 Å². The molecule has 1 fully saturated rings. The molecule has 0 aromatic heterocycles. The van der Waals surface area contributed by atoms with Gasteiger partial charge in [0.25, 0.3) is 0 Å². The number of benzene rings is 1. The van der Waals surface area contributed by atoms with Crippen LogP contribution in [-0.2, 0) is 15.9 Å². The third kappa shape index (κ3) is 3.73. The van der Waals surface area contributed by atoms with Crippen LogP contribution in [0.5, 0.6) is 5.75 Å². The molecule has 0 saturated carbocycles. The number of methoxy groups -OCH3 is 1. The molecular formula is C18H30BNO3. The van der Waals surface area contributed by atoms with Crippen LogP contribution in [0.25, 0.3) is 0 Å². The molecule has 4 nitrogen and oxygen atoms in total. The quantitative estimate of drug-likeness (QED) is 0.781. The van der Waals surface area contributed by atoms with Crippen molar-refractivity contribution in [3.63, 3.8) is 0 Å². The molecule has 0 amide bonds. The van der Waals surface area contributed by atoms with E-state index in [2.05, 4.69) is 65.6 Å². The Kier molecular flexibility index (Phi) is 5.14. The van der Waals surface area contributed by atoms with Gasteiger partial charge in [-0.25, -0.2) is 0 Å². The molecule has 2 rings (SSSR count). The molecule has 1 saturated heterocycles. The molecule has 1 aliphatic heterocycles. The zero-order chi connectivity index (χ0) is 17.4. The van der Waals surface area contributed by atoms with E-state index in [4.69, 9.17) is 14.0 Å². The van der Waals surface area contributed by atoms with Crippen molar-refractivity contribution in [3.05, 3.63) is 23.8 Å². The van der Waals surface area contributed by atoms with Gasteiger partial charge in [0.1, 0.15) is 5.75 Å². The minimum Gasteiger partial charge on any atom is -0.497 e. The number of ether oxygens (including phenoxy) is 1. The molecule has 0 unspecified atom stereocenters. The summed E-state index contributed by atoms with van der Waals surface area (Å²) in [6.07, 6.45) is 0. The van der Waals surface area contributed by atoms with Gasteiger partial charge in [0.15, 0.2) is 0 Å². The van der Waals surface area contributed by atoms with E-state index in [1.54, 1.807) is 7.11 Å². The fourth-order valence-electron chi connectivity index (χ4n) is 2.51. The third-order valence-corrected chi connectivity index (χ3v) is 5.11. The SMILES string of the molecule is COc1ccc(CN(C)C(C)C)cc1B1OC(C)(C)C(C)(C)O1. The lowest BCUT2D eigenvalue weighted by molar-refractivity contribution is 0.00578. The Balaban J connectivity index is 2.30. The average Bonchev–Trinajstić information content (AvgIpc) is 2.67. The smallest absolute Gasteiger partial charge is 0.497 e. The summed E-state index contributed by atoms with van der Waals surface area (Å²) in [6, 6.07) is 6.74. The highest BCUT2D eigenvalue weighted by Crippen LogP contribution is 2.37. The van der Waals surface area contributed by atoms with Crippen LogP contribution in [0.4, 0.5) is 0 Å². The Labute approximate surface area is 141 Å². The predicted molar refractivity (Wildman–Crippen MR) is 95.3 cm³/mol. The van der Waals surface area contributed by atoms with Crippen LogP contribution in [0, 0.1) is 0 Å². The first-order valence-electron chi connectivity index (χ1n) is 8.30. The van der Waals surface area contributed by atoms with Gasteiger partial charge in [-0.15, -0.1) is 0 Å². The molecule has 0 bridgehead atoms. The van der Waals surface area contributed by atoms with Gasteiger partial charge in [0.05, 0.1) is 18.3 Å². The Bertz CT molecular complexity index is 541. The molecule has 0 radical (unpaired) electrons. The second-order valence-corrected chi connectivity index (χ2v) is 7.67. The second-order valence-electron chi connectivity index (χ2n) is 7.67. The lowest BCUT2D eigenvalue weighted by Gasteiger charge is -2.32. The van der Waals surface area contributed by atoms with Gasteiger partial charge in [-0.2, -0.15) is 0 Å². The van der Waals surface area contributed by atoms with Gasteiger partial charge in [-0.1, -0.05) is 12.1 Å². The summed E-state index contributed by atoms with van der Waals surface area (Å²) < 4.78 is 17.9. The molecule has 0 spiro atoms. The maximum atomic E-state index is 6.18. The molecule has 5 heteroatoms. The largest absolute Gasteiger partial charge is 0.498 e. The normalized spacial score (nSPS) is 19.7. The van der Waals surface area contributed by atoms with E-state index in [-0.39, 0.29) is 11.2 Å². The number of nitrogens with zero attached hydrogens (tertiary/aromatic N) is 1. The summed E-state index contributed by atoms with van der Waals surface area (Å²) in [6.45, 7) is 13.5. The predicted octanol–water partition coefficient (Wildman–Crippen LogP) is 2.83. The van der Waals surface area contributed by atoms with Crippen LogP contribution in [0.3, 0.4) is 0 Å². The molecule has 1 aromatic rings. The van der Waals surface area contributed by atoms with Crippen molar-refractivity contribution in [2.24, 2.45) is 0 Å². The molecule has 1 aromatic carbocycles. The molecule has 0 atom stereocenters. The van der Waals surface area contributed by atoms with E-state index in [0.717, 1.165) is 17.8 Å². The number of hydrogen-bond donors (Lipinski definition) is 0. The van der Waals surface area contributed by atoms with Gasteiger partial charge < -0.3 is 14.0 Å². The van der Waals surface area contributed by atoms with Gasteiger partial charge >= 0.3 is 7.12 Å². The lowest BCUT2D eigenvalue weighted by atomic mass is 9.77. The summed E-state index contributed by atoms with van der Waals surface area (Å²) in [5.74, 6) is 0.805. The van der Waals surface area contributed by atoms with Gasteiger partial charge in [-0.3, -0.25) is 4.90 Å². The molecule has 128 valence electrons. The minimum atomic E-state index is -0.403. The molecule has 1 heterocycles. The summed E-state index contributed by atoms with van der Waals surface area (Å²) in [7, 11) is 3.41. The van der Waals surface area contributed by atoms with Crippen molar-refractivity contribution in [1.82, 2.24) is 4.90 Å². The zero-order valence-corrected chi connectivity index (χ0v) is 15.8. The summed E-state index contributed by atoms with van der Waals surface area (Å²) in [5, 5.41) is 0. The first-order chi connectivity index (χ1) is 10.6. The van der Waals surface area contributed by atoms with E-state index >= 15 is 0 Å². The first-order valence-corrected chi connectivity index (χ1v) is 8.30. The van der Waals surface area contributed by atoms with E-state index in [9.17, 15) is 0 Å². The van der Waals surface area contributed by atoms with Crippen LogP contribution in [0.2, 0.25) is 0 Å². The third-order valence-electron chi connectivity index (χ3n) is 5.11. The maximum Gasteiger partial charge on any atom is 0.498 e. The number of hydrogen-bond acceptors (Lipinski definition) is 4. The topological polar surface area (TPSA) is 30.9 Å². The van der Waals surface area contributed by atoms with Crippen molar-refractivity contribution < 1.29 is 14.0 Å². The Morgan fingerprint density at radius 3 is 2.17 bits per heavy atom. The highest BCUT2D eigenvalue weighted by Gasteiger charge is 2.52. The fourth-order valence-corrected chi connectivity index (χ4v) is 2.51. The summed E-state index contributed by atoms with van der Waals surface area (Å²) >= 11 is 0. The highest BCUT2D eigenvalue weighted by atomic mass is 16.7. The molecule has 0 aliphatic carbocycles. The molecule has 0 N–H and O–H groups in total. The zero-order valence-electron chi connectivity index (χ0n) is 15.8. The number of rotatable bonds is 5. The van der Waals surface area contributed by atoms with Gasteiger partial charge in [-0.05, 0) is 60.2 Å². The average molecular weight is 319 g/mol. The minimum absolute atomic E-state index is 0.354. The summed E-state index contributed by atoms with van der Waals surface area (Å²) in [4.78, 5) is 2.30. The highest BCUT2D eigenvalue weighted by molar-refractivity contribution is 6.63. The van der Waals surface area contributed by atoms with Gasteiger partial charge in [0.2, 0.25) is 0 Å². The van der Waals surface area contributed by atoms with Crippen molar-refractivity contribution in [2.45, 2.75) is 65.3 Å². The second kappa shape index (κ2) is 6.46. The molecular weight excluding hydrogens is 289 g/mol. The Morgan fingerprint density at radius 1 is 1.13 bits per heavy atom. The van der Waals surface area contributed by atoms with E-state index in [0.29, 0.717) is 6.04 Å². The van der Waals surface area contributed by atoms with Crippen molar-refractivity contribution in [3.8, 4) is 5.75 Å². The van der Waals surface area contributed by atoms with Crippen LogP contribution in [0.15, 0.2) is 18.2 Å². The van der Waals surface area contributed by atoms with Crippen molar-refractivity contribution >= 4 is 12.6 Å². The lowest BCUT2D eigenvalue weighted by Crippen LogP contribution is -2.41. The van der Waals surface area contributed by atoms with Crippen LogP contribution >= 0.6 is 0 Å². The van der Waals surface area contributed by atoms with Crippen molar-refractivity contribution in [1.29, 1.82) is 0 Å². The van der Waals surface area contributed by atoms with Gasteiger partial charge in [0, 0.05) is 18.0 Å². The Hall–Kier alpha value is -1.04. The van der Waals surface area contributed by atoms with Crippen molar-refractivity contribution in [2.75, 3.05) is 14.2 Å². The monoisotopic (exact) mass is 319 g/mol. The standard InChI is InChI=1S/C18H30BNO3/c1-13(2)20(7)12-14-9-10-16(21-8)15(11-14)19-22-17(3,4)18(5,6)23-19/h9-11,13H,12H2,1-8H3. The van der Waals surface area contributed by atoms with Crippen LogP contribution < -0.4 is 10.2 Å². The Morgan fingerprint density at radius 2 is 1.70 bits per heavy atom. The van der Waals surface area contributed by atoms with E-state index in [1.165, 1.54) is 5.56 Å². The molecule has 1 aliphatic rings.